The lowest BCUT2D eigenvalue weighted by Crippen LogP contribution is -2.10. The van der Waals surface area contributed by atoms with Gasteiger partial charge in [-0.1, -0.05) is 13.3 Å². The maximum absolute atomic E-state index is 11.5. The van der Waals surface area contributed by atoms with E-state index in [9.17, 15) is 9.90 Å². The lowest BCUT2D eigenvalue weighted by molar-refractivity contribution is 0.101. The quantitative estimate of drug-likeness (QED) is 0.811. The third-order valence-electron chi connectivity index (χ3n) is 3.61. The molecule has 0 radical (unpaired) electrons. The fraction of sp³-hybridized carbons (Fsp3) is 0.533. The highest BCUT2D eigenvalue weighted by molar-refractivity contribution is 5.97. The molecular weight excluding hydrogens is 212 g/mol. The number of aryl methyl sites for hydroxylation is 1. The van der Waals surface area contributed by atoms with Gasteiger partial charge in [-0.3, -0.25) is 4.79 Å². The molecule has 1 aliphatic carbocycles. The molecule has 0 spiro atoms. The number of hydrogen-bond acceptors (Lipinski definition) is 2. The second-order valence-electron chi connectivity index (χ2n) is 4.90. The standard InChI is InChI=1S/C15H20O2/c1-3-6-13-12-8-5-4-7-11(12)9-14(10(2)16)15(13)17/h9,17H,3-8H2,1-2H3. The van der Waals surface area contributed by atoms with Gasteiger partial charge in [-0.05, 0) is 61.8 Å². The zero-order chi connectivity index (χ0) is 12.4. The van der Waals surface area contributed by atoms with Gasteiger partial charge in [0.15, 0.2) is 5.78 Å². The molecule has 0 saturated heterocycles. The molecule has 0 bridgehead atoms. The number of benzene rings is 1. The van der Waals surface area contributed by atoms with Gasteiger partial charge in [0.05, 0.1) is 5.56 Å². The number of Topliss-reactive ketones (excluding diaryl/α,β-unsaturated/α-hetero) is 1. The fourth-order valence-electron chi connectivity index (χ4n) is 2.77. The number of hydrogen-bond donors (Lipinski definition) is 1. The van der Waals surface area contributed by atoms with Crippen LogP contribution in [-0.4, -0.2) is 10.9 Å². The third-order valence-corrected chi connectivity index (χ3v) is 3.61. The van der Waals surface area contributed by atoms with E-state index in [1.165, 1.54) is 30.9 Å². The summed E-state index contributed by atoms with van der Waals surface area (Å²) >= 11 is 0. The average Bonchev–Trinajstić information content (AvgIpc) is 2.32. The first-order valence-corrected chi connectivity index (χ1v) is 6.52. The zero-order valence-corrected chi connectivity index (χ0v) is 10.7. The van der Waals surface area contributed by atoms with Gasteiger partial charge in [-0.15, -0.1) is 0 Å². The molecule has 1 aromatic rings. The number of rotatable bonds is 3. The molecule has 1 aromatic carbocycles. The van der Waals surface area contributed by atoms with Crippen LogP contribution in [0, 0.1) is 0 Å². The molecule has 0 saturated carbocycles. The summed E-state index contributed by atoms with van der Waals surface area (Å²) < 4.78 is 0. The minimum absolute atomic E-state index is 0.0340. The molecule has 0 atom stereocenters. The van der Waals surface area contributed by atoms with Gasteiger partial charge in [-0.2, -0.15) is 0 Å². The molecule has 0 aliphatic heterocycles. The van der Waals surface area contributed by atoms with Crippen molar-refractivity contribution in [3.05, 3.63) is 28.3 Å². The van der Waals surface area contributed by atoms with E-state index in [0.29, 0.717) is 5.56 Å². The summed E-state index contributed by atoms with van der Waals surface area (Å²) in [7, 11) is 0. The molecular formula is C15H20O2. The Bertz CT molecular complexity index is 447. The van der Waals surface area contributed by atoms with Crippen molar-refractivity contribution < 1.29 is 9.90 Å². The van der Waals surface area contributed by atoms with Crippen LogP contribution in [0.5, 0.6) is 5.75 Å². The monoisotopic (exact) mass is 232 g/mol. The van der Waals surface area contributed by atoms with Crippen molar-refractivity contribution in [1.82, 2.24) is 0 Å². The van der Waals surface area contributed by atoms with Crippen LogP contribution in [0.3, 0.4) is 0 Å². The van der Waals surface area contributed by atoms with Crippen molar-refractivity contribution in [2.75, 3.05) is 0 Å². The van der Waals surface area contributed by atoms with E-state index in [4.69, 9.17) is 0 Å². The summed E-state index contributed by atoms with van der Waals surface area (Å²) in [4.78, 5) is 11.5. The lowest BCUT2D eigenvalue weighted by Gasteiger charge is -2.22. The van der Waals surface area contributed by atoms with Crippen molar-refractivity contribution in [2.24, 2.45) is 0 Å². The highest BCUT2D eigenvalue weighted by atomic mass is 16.3. The summed E-state index contributed by atoms with van der Waals surface area (Å²) in [6.45, 7) is 3.63. The summed E-state index contributed by atoms with van der Waals surface area (Å²) in [5.41, 5.74) is 4.12. The van der Waals surface area contributed by atoms with Crippen molar-refractivity contribution in [3.8, 4) is 5.75 Å². The van der Waals surface area contributed by atoms with Crippen molar-refractivity contribution in [1.29, 1.82) is 0 Å². The Labute approximate surface area is 103 Å². The molecule has 0 fully saturated rings. The summed E-state index contributed by atoms with van der Waals surface area (Å²) in [6.07, 6.45) is 6.36. The van der Waals surface area contributed by atoms with Crippen LogP contribution in [0.25, 0.3) is 0 Å². The van der Waals surface area contributed by atoms with Crippen LogP contribution in [0.4, 0.5) is 0 Å². The molecule has 2 rings (SSSR count). The topological polar surface area (TPSA) is 37.3 Å². The molecule has 2 nitrogen and oxygen atoms in total. The smallest absolute Gasteiger partial charge is 0.163 e. The van der Waals surface area contributed by atoms with Gasteiger partial charge < -0.3 is 5.11 Å². The fourth-order valence-corrected chi connectivity index (χ4v) is 2.77. The van der Waals surface area contributed by atoms with E-state index in [1.54, 1.807) is 0 Å². The Morgan fingerprint density at radius 1 is 1.35 bits per heavy atom. The summed E-state index contributed by atoms with van der Waals surface area (Å²) in [6, 6.07) is 1.91. The van der Waals surface area contributed by atoms with Crippen molar-refractivity contribution in [3.63, 3.8) is 0 Å². The van der Waals surface area contributed by atoms with E-state index < -0.39 is 0 Å². The highest BCUT2D eigenvalue weighted by Crippen LogP contribution is 2.34. The van der Waals surface area contributed by atoms with Crippen LogP contribution >= 0.6 is 0 Å². The average molecular weight is 232 g/mol. The molecule has 0 amide bonds. The van der Waals surface area contributed by atoms with E-state index in [1.807, 2.05) is 6.07 Å². The van der Waals surface area contributed by atoms with Gasteiger partial charge >= 0.3 is 0 Å². The van der Waals surface area contributed by atoms with E-state index in [0.717, 1.165) is 31.2 Å². The second-order valence-corrected chi connectivity index (χ2v) is 4.90. The van der Waals surface area contributed by atoms with Crippen LogP contribution in [0.15, 0.2) is 6.07 Å². The van der Waals surface area contributed by atoms with Gasteiger partial charge in [0, 0.05) is 0 Å². The Morgan fingerprint density at radius 3 is 2.71 bits per heavy atom. The Morgan fingerprint density at radius 2 is 2.06 bits per heavy atom. The second kappa shape index (κ2) is 4.91. The third kappa shape index (κ3) is 2.21. The predicted molar refractivity (Wildman–Crippen MR) is 68.7 cm³/mol. The Balaban J connectivity index is 2.60. The normalized spacial score (nSPS) is 14.5. The van der Waals surface area contributed by atoms with E-state index in [2.05, 4.69) is 6.92 Å². The predicted octanol–water partition coefficient (Wildman–Crippen LogP) is 3.43. The van der Waals surface area contributed by atoms with Gasteiger partial charge in [0.25, 0.3) is 0 Å². The Kier molecular flexibility index (Phi) is 3.51. The van der Waals surface area contributed by atoms with Crippen LogP contribution < -0.4 is 0 Å². The molecule has 1 aliphatic rings. The number of fused-ring (bicyclic) bond motifs is 1. The molecule has 92 valence electrons. The lowest BCUT2D eigenvalue weighted by atomic mass is 9.84. The van der Waals surface area contributed by atoms with E-state index >= 15 is 0 Å². The molecule has 2 heteroatoms. The number of phenolic OH excluding ortho intramolecular Hbond substituents is 1. The first kappa shape index (κ1) is 12.2. The summed E-state index contributed by atoms with van der Waals surface area (Å²) in [5.74, 6) is 0.202. The van der Waals surface area contributed by atoms with Gasteiger partial charge in [0.2, 0.25) is 0 Å². The van der Waals surface area contributed by atoms with Crippen LogP contribution in [-0.2, 0) is 19.3 Å². The first-order chi connectivity index (χ1) is 8.15. The van der Waals surface area contributed by atoms with E-state index in [-0.39, 0.29) is 11.5 Å². The number of phenols is 1. The largest absolute Gasteiger partial charge is 0.507 e. The molecule has 0 unspecified atom stereocenters. The Hall–Kier alpha value is -1.31. The SMILES string of the molecule is CCCc1c(O)c(C(C)=O)cc2c1CCCC2. The zero-order valence-electron chi connectivity index (χ0n) is 10.7. The summed E-state index contributed by atoms with van der Waals surface area (Å²) in [5, 5.41) is 10.2. The van der Waals surface area contributed by atoms with Crippen LogP contribution in [0.1, 0.15) is 60.2 Å². The maximum Gasteiger partial charge on any atom is 0.163 e. The number of carbonyl (C=O) groups excluding carboxylic acids is 1. The molecule has 0 heterocycles. The minimum atomic E-state index is -0.0340. The molecule has 0 aromatic heterocycles. The van der Waals surface area contributed by atoms with Crippen molar-refractivity contribution >= 4 is 5.78 Å². The van der Waals surface area contributed by atoms with Gasteiger partial charge in [0.1, 0.15) is 5.75 Å². The minimum Gasteiger partial charge on any atom is -0.507 e. The molecule has 17 heavy (non-hydrogen) atoms. The number of carbonyl (C=O) groups is 1. The highest BCUT2D eigenvalue weighted by Gasteiger charge is 2.20. The van der Waals surface area contributed by atoms with Crippen molar-refractivity contribution in [2.45, 2.75) is 52.4 Å². The van der Waals surface area contributed by atoms with Crippen LogP contribution in [0.2, 0.25) is 0 Å². The number of aromatic hydroxyl groups is 1. The van der Waals surface area contributed by atoms with Gasteiger partial charge in [-0.25, -0.2) is 0 Å². The number of ketones is 1. The first-order valence-electron chi connectivity index (χ1n) is 6.52. The maximum atomic E-state index is 11.5. The molecule has 1 N–H and O–H groups in total.